The van der Waals surface area contributed by atoms with Gasteiger partial charge >= 0.3 is 0 Å². The molecule has 0 saturated carbocycles. The number of amides is 3. The molecule has 0 spiro atoms. The smallest absolute Gasteiger partial charge is 0.227 e. The number of carbonyl (C=O) groups is 3. The monoisotopic (exact) mass is 373 g/mol. The summed E-state index contributed by atoms with van der Waals surface area (Å²) in [6.07, 6.45) is 1.37. The minimum atomic E-state index is -0.386. The minimum Gasteiger partial charge on any atom is -0.349 e. The molecule has 1 aliphatic rings. The molecule has 0 bridgehead atoms. The van der Waals surface area contributed by atoms with E-state index in [-0.39, 0.29) is 35.1 Å². The van der Waals surface area contributed by atoms with E-state index < -0.39 is 0 Å². The summed E-state index contributed by atoms with van der Waals surface area (Å²) in [6.45, 7) is 10.4. The molecule has 2 N–H and O–H groups in total. The molecule has 0 aliphatic carbocycles. The number of nitrogens with zero attached hydrogens (tertiary/aromatic N) is 1. The predicted molar refractivity (Wildman–Crippen MR) is 106 cm³/mol. The van der Waals surface area contributed by atoms with Gasteiger partial charge in [0.1, 0.15) is 0 Å². The number of rotatable bonds is 4. The van der Waals surface area contributed by atoms with Gasteiger partial charge in [-0.25, -0.2) is 0 Å². The van der Waals surface area contributed by atoms with Gasteiger partial charge in [-0.3, -0.25) is 14.4 Å². The Morgan fingerprint density at radius 3 is 2.33 bits per heavy atom. The second-order valence-corrected chi connectivity index (χ2v) is 8.35. The number of benzene rings is 1. The molecular formula is C21H31N3O3. The zero-order valence-electron chi connectivity index (χ0n) is 17.0. The molecule has 1 unspecified atom stereocenters. The first-order chi connectivity index (χ1) is 12.6. The van der Waals surface area contributed by atoms with Crippen LogP contribution in [0.4, 0.5) is 5.69 Å². The summed E-state index contributed by atoms with van der Waals surface area (Å²) in [6, 6.07) is 7.33. The number of anilines is 1. The van der Waals surface area contributed by atoms with E-state index in [4.69, 9.17) is 0 Å². The molecule has 0 aromatic heterocycles. The van der Waals surface area contributed by atoms with E-state index in [1.807, 2.05) is 56.9 Å². The van der Waals surface area contributed by atoms with Crippen LogP contribution in [0, 0.1) is 11.3 Å². The van der Waals surface area contributed by atoms with Crippen molar-refractivity contribution in [2.45, 2.75) is 53.5 Å². The zero-order chi connectivity index (χ0) is 20.2. The van der Waals surface area contributed by atoms with Crippen LogP contribution in [0.3, 0.4) is 0 Å². The van der Waals surface area contributed by atoms with Crippen LogP contribution >= 0.6 is 0 Å². The van der Waals surface area contributed by atoms with Gasteiger partial charge in [-0.1, -0.05) is 32.9 Å². The van der Waals surface area contributed by atoms with Crippen molar-refractivity contribution in [3.63, 3.8) is 0 Å². The van der Waals surface area contributed by atoms with Gasteiger partial charge in [0.25, 0.3) is 0 Å². The SMILES string of the molecule is CC(=O)Nc1cccc(C(C)NC(=O)C2CCN(C(=O)C(C)(C)C)CC2)c1. The second-order valence-electron chi connectivity index (χ2n) is 8.35. The van der Waals surface area contributed by atoms with Crippen LogP contribution in [-0.2, 0) is 14.4 Å². The minimum absolute atomic E-state index is 0.0234. The van der Waals surface area contributed by atoms with Gasteiger partial charge in [0.2, 0.25) is 17.7 Å². The van der Waals surface area contributed by atoms with Crippen LogP contribution in [0.1, 0.15) is 59.1 Å². The second kappa shape index (κ2) is 8.55. The average molecular weight is 373 g/mol. The van der Waals surface area contributed by atoms with Crippen molar-refractivity contribution in [1.29, 1.82) is 0 Å². The molecule has 2 rings (SSSR count). The van der Waals surface area contributed by atoms with Crippen molar-refractivity contribution < 1.29 is 14.4 Å². The van der Waals surface area contributed by atoms with Crippen LogP contribution < -0.4 is 10.6 Å². The molecule has 1 aromatic carbocycles. The van der Waals surface area contributed by atoms with Crippen molar-refractivity contribution in [1.82, 2.24) is 10.2 Å². The summed E-state index contributed by atoms with van der Waals surface area (Å²) in [5.41, 5.74) is 1.27. The van der Waals surface area contributed by atoms with Crippen molar-refractivity contribution in [3.8, 4) is 0 Å². The third kappa shape index (κ3) is 5.81. The maximum absolute atomic E-state index is 12.6. The van der Waals surface area contributed by atoms with E-state index in [9.17, 15) is 14.4 Å². The third-order valence-electron chi connectivity index (χ3n) is 4.86. The molecule has 27 heavy (non-hydrogen) atoms. The van der Waals surface area contributed by atoms with Crippen LogP contribution in [0.2, 0.25) is 0 Å². The molecule has 1 saturated heterocycles. The lowest BCUT2D eigenvalue weighted by molar-refractivity contribution is -0.142. The van der Waals surface area contributed by atoms with Gasteiger partial charge in [0, 0.05) is 37.0 Å². The summed E-state index contributed by atoms with van der Waals surface area (Å²) in [4.78, 5) is 38.1. The molecule has 6 heteroatoms. The lowest BCUT2D eigenvalue weighted by atomic mass is 9.90. The van der Waals surface area contributed by atoms with Crippen molar-refractivity contribution >= 4 is 23.4 Å². The number of hydrogen-bond acceptors (Lipinski definition) is 3. The summed E-state index contributed by atoms with van der Waals surface area (Å²) < 4.78 is 0. The van der Waals surface area contributed by atoms with E-state index >= 15 is 0 Å². The largest absolute Gasteiger partial charge is 0.349 e. The summed E-state index contributed by atoms with van der Waals surface area (Å²) in [5, 5.41) is 5.82. The number of likely N-dealkylation sites (tertiary alicyclic amines) is 1. The highest BCUT2D eigenvalue weighted by atomic mass is 16.2. The lowest BCUT2D eigenvalue weighted by Crippen LogP contribution is -2.46. The molecule has 1 heterocycles. The van der Waals surface area contributed by atoms with Crippen LogP contribution in [0.5, 0.6) is 0 Å². The Kier molecular flexibility index (Phi) is 6.63. The highest BCUT2D eigenvalue weighted by molar-refractivity contribution is 5.88. The first-order valence-electron chi connectivity index (χ1n) is 9.55. The first-order valence-corrected chi connectivity index (χ1v) is 9.55. The van der Waals surface area contributed by atoms with E-state index in [1.165, 1.54) is 6.92 Å². The highest BCUT2D eigenvalue weighted by Crippen LogP contribution is 2.25. The van der Waals surface area contributed by atoms with Crippen molar-refractivity contribution in [3.05, 3.63) is 29.8 Å². The van der Waals surface area contributed by atoms with Gasteiger partial charge < -0.3 is 15.5 Å². The fourth-order valence-electron chi connectivity index (χ4n) is 3.32. The Hall–Kier alpha value is -2.37. The number of nitrogens with one attached hydrogen (secondary N) is 2. The molecule has 1 fully saturated rings. The van der Waals surface area contributed by atoms with E-state index in [1.54, 1.807) is 0 Å². The van der Waals surface area contributed by atoms with Crippen molar-refractivity contribution in [2.75, 3.05) is 18.4 Å². The maximum atomic E-state index is 12.6. The van der Waals surface area contributed by atoms with Crippen LogP contribution in [-0.4, -0.2) is 35.7 Å². The molecular weight excluding hydrogens is 342 g/mol. The lowest BCUT2D eigenvalue weighted by Gasteiger charge is -2.35. The molecule has 148 valence electrons. The Balaban J connectivity index is 1.90. The Morgan fingerprint density at radius 1 is 1.15 bits per heavy atom. The molecule has 1 aromatic rings. The molecule has 0 radical (unpaired) electrons. The third-order valence-corrected chi connectivity index (χ3v) is 4.86. The maximum Gasteiger partial charge on any atom is 0.227 e. The van der Waals surface area contributed by atoms with Gasteiger partial charge in [-0.05, 0) is 37.5 Å². The fraction of sp³-hybridized carbons (Fsp3) is 0.571. The van der Waals surface area contributed by atoms with E-state index in [0.717, 1.165) is 11.3 Å². The average Bonchev–Trinajstić information content (AvgIpc) is 2.60. The quantitative estimate of drug-likeness (QED) is 0.851. The summed E-state index contributed by atoms with van der Waals surface area (Å²) >= 11 is 0. The zero-order valence-corrected chi connectivity index (χ0v) is 17.0. The standard InChI is InChI=1S/C21H31N3O3/c1-14(17-7-6-8-18(13-17)23-15(2)25)22-19(26)16-9-11-24(12-10-16)20(27)21(3,4)5/h6-8,13-14,16H,9-12H2,1-5H3,(H,22,26)(H,23,25). The molecule has 1 atom stereocenters. The predicted octanol–water partition coefficient (Wildman–Crippen LogP) is 3.11. The summed E-state index contributed by atoms with van der Waals surface area (Å²) in [5.74, 6) is -0.0322. The molecule has 3 amide bonds. The number of carbonyl (C=O) groups excluding carboxylic acids is 3. The molecule has 6 nitrogen and oxygen atoms in total. The van der Waals surface area contributed by atoms with Crippen LogP contribution in [0.25, 0.3) is 0 Å². The van der Waals surface area contributed by atoms with E-state index in [2.05, 4.69) is 10.6 Å². The first kappa shape index (κ1) is 20.9. The number of hydrogen-bond donors (Lipinski definition) is 2. The summed E-state index contributed by atoms with van der Waals surface area (Å²) in [7, 11) is 0. The Morgan fingerprint density at radius 2 is 1.78 bits per heavy atom. The van der Waals surface area contributed by atoms with E-state index in [0.29, 0.717) is 25.9 Å². The number of piperidine rings is 1. The van der Waals surface area contributed by atoms with Gasteiger partial charge in [-0.15, -0.1) is 0 Å². The Bertz CT molecular complexity index is 701. The molecule has 1 aliphatic heterocycles. The van der Waals surface area contributed by atoms with Crippen LogP contribution in [0.15, 0.2) is 24.3 Å². The Labute approximate surface area is 161 Å². The topological polar surface area (TPSA) is 78.5 Å². The normalized spacial score (nSPS) is 16.6. The van der Waals surface area contributed by atoms with Gasteiger partial charge in [0.15, 0.2) is 0 Å². The fourth-order valence-corrected chi connectivity index (χ4v) is 3.32. The van der Waals surface area contributed by atoms with Gasteiger partial charge in [-0.2, -0.15) is 0 Å². The van der Waals surface area contributed by atoms with Crippen molar-refractivity contribution in [2.24, 2.45) is 11.3 Å². The highest BCUT2D eigenvalue weighted by Gasteiger charge is 2.32. The van der Waals surface area contributed by atoms with Gasteiger partial charge in [0.05, 0.1) is 6.04 Å².